The lowest BCUT2D eigenvalue weighted by molar-refractivity contribution is -0.137. The summed E-state index contributed by atoms with van der Waals surface area (Å²) < 4.78 is 4.69. The number of nitrogens with one attached hydrogen (secondary N) is 1. The highest BCUT2D eigenvalue weighted by atomic mass is 16.5. The van der Waals surface area contributed by atoms with Crippen molar-refractivity contribution in [3.05, 3.63) is 41.6 Å². The van der Waals surface area contributed by atoms with Crippen LogP contribution in [0.1, 0.15) is 38.2 Å². The van der Waals surface area contributed by atoms with Crippen molar-refractivity contribution in [3.8, 4) is 0 Å². The van der Waals surface area contributed by atoms with Crippen LogP contribution in [0.4, 0.5) is 0 Å². The first-order valence-corrected chi connectivity index (χ1v) is 6.82. The van der Waals surface area contributed by atoms with E-state index in [1.165, 1.54) is 7.11 Å². The summed E-state index contributed by atoms with van der Waals surface area (Å²) in [6.45, 7) is 2.08. The zero-order valence-electron chi connectivity index (χ0n) is 12.0. The summed E-state index contributed by atoms with van der Waals surface area (Å²) in [5.41, 5.74) is 1.00. The average Bonchev–Trinajstić information content (AvgIpc) is 2.47. The van der Waals surface area contributed by atoms with E-state index < -0.39 is 5.97 Å². The van der Waals surface area contributed by atoms with Gasteiger partial charge in [0.25, 0.3) is 0 Å². The Morgan fingerprint density at radius 2 is 1.90 bits per heavy atom. The molecule has 0 aliphatic heterocycles. The van der Waals surface area contributed by atoms with Gasteiger partial charge in [0.2, 0.25) is 5.91 Å². The predicted octanol–water partition coefficient (Wildman–Crippen LogP) is 2.90. The monoisotopic (exact) mass is 275 g/mol. The van der Waals surface area contributed by atoms with Crippen molar-refractivity contribution in [2.24, 2.45) is 0 Å². The zero-order valence-corrected chi connectivity index (χ0v) is 12.0. The Hall–Kier alpha value is -2.10. The van der Waals surface area contributed by atoms with Crippen LogP contribution in [0.2, 0.25) is 0 Å². The Balaban J connectivity index is 2.73. The van der Waals surface area contributed by atoms with Gasteiger partial charge in [0, 0.05) is 6.42 Å². The fourth-order valence-electron chi connectivity index (χ4n) is 1.72. The van der Waals surface area contributed by atoms with Crippen molar-refractivity contribution >= 4 is 18.0 Å². The van der Waals surface area contributed by atoms with E-state index in [0.29, 0.717) is 6.42 Å². The Bertz CT molecular complexity index is 466. The van der Waals surface area contributed by atoms with Gasteiger partial charge in [-0.1, -0.05) is 50.1 Å². The molecule has 108 valence electrons. The van der Waals surface area contributed by atoms with Gasteiger partial charge in [0.05, 0.1) is 7.11 Å². The zero-order chi connectivity index (χ0) is 14.8. The number of amides is 1. The van der Waals surface area contributed by atoms with Crippen LogP contribution in [0.25, 0.3) is 6.08 Å². The number of carbonyl (C=O) groups excluding carboxylic acids is 2. The maximum absolute atomic E-state index is 11.8. The Morgan fingerprint density at radius 1 is 1.20 bits per heavy atom. The average molecular weight is 275 g/mol. The van der Waals surface area contributed by atoms with Crippen LogP contribution < -0.4 is 5.32 Å². The molecular formula is C16H21NO3. The highest BCUT2D eigenvalue weighted by Gasteiger charge is 2.13. The number of methoxy groups -OCH3 is 1. The molecule has 0 aliphatic rings. The van der Waals surface area contributed by atoms with Gasteiger partial charge in [0.1, 0.15) is 5.70 Å². The topological polar surface area (TPSA) is 55.4 Å². The van der Waals surface area contributed by atoms with Crippen molar-refractivity contribution in [1.82, 2.24) is 5.32 Å². The van der Waals surface area contributed by atoms with Crippen molar-refractivity contribution in [3.63, 3.8) is 0 Å². The number of unbranched alkanes of at least 4 members (excludes halogenated alkanes) is 2. The molecule has 1 rings (SSSR count). The molecule has 0 bridgehead atoms. The SMILES string of the molecule is CCCCCC(=O)NC(=Cc1ccccc1)C(=O)OC. The molecule has 0 aliphatic carbocycles. The van der Waals surface area contributed by atoms with Crippen molar-refractivity contribution in [1.29, 1.82) is 0 Å². The second kappa shape index (κ2) is 8.91. The molecule has 20 heavy (non-hydrogen) atoms. The van der Waals surface area contributed by atoms with Crippen molar-refractivity contribution in [2.45, 2.75) is 32.6 Å². The van der Waals surface area contributed by atoms with Crippen LogP contribution in [-0.4, -0.2) is 19.0 Å². The molecule has 1 N–H and O–H groups in total. The molecule has 4 heteroatoms. The number of rotatable bonds is 7. The third kappa shape index (κ3) is 5.69. The van der Waals surface area contributed by atoms with Gasteiger partial charge in [0.15, 0.2) is 0 Å². The van der Waals surface area contributed by atoms with Gasteiger partial charge in [-0.05, 0) is 18.1 Å². The quantitative estimate of drug-likeness (QED) is 0.473. The molecule has 0 heterocycles. The van der Waals surface area contributed by atoms with Gasteiger partial charge in [-0.25, -0.2) is 4.79 Å². The third-order valence-corrected chi connectivity index (χ3v) is 2.80. The van der Waals surface area contributed by atoms with Crippen LogP contribution in [-0.2, 0) is 14.3 Å². The highest BCUT2D eigenvalue weighted by Crippen LogP contribution is 2.07. The van der Waals surface area contributed by atoms with Crippen molar-refractivity contribution in [2.75, 3.05) is 7.11 Å². The van der Waals surface area contributed by atoms with Crippen LogP contribution in [0.3, 0.4) is 0 Å². The number of hydrogen-bond donors (Lipinski definition) is 1. The maximum atomic E-state index is 11.8. The normalized spacial score (nSPS) is 11.0. The largest absolute Gasteiger partial charge is 0.464 e. The van der Waals surface area contributed by atoms with Gasteiger partial charge >= 0.3 is 5.97 Å². The number of esters is 1. The summed E-state index contributed by atoms with van der Waals surface area (Å²) in [4.78, 5) is 23.5. The molecule has 0 aromatic heterocycles. The molecule has 0 saturated heterocycles. The molecule has 0 saturated carbocycles. The first-order valence-electron chi connectivity index (χ1n) is 6.82. The minimum absolute atomic E-state index is 0.161. The summed E-state index contributed by atoms with van der Waals surface area (Å²) in [7, 11) is 1.30. The third-order valence-electron chi connectivity index (χ3n) is 2.80. The molecular weight excluding hydrogens is 254 g/mol. The minimum atomic E-state index is -0.544. The number of ether oxygens (including phenoxy) is 1. The van der Waals surface area contributed by atoms with Crippen molar-refractivity contribution < 1.29 is 14.3 Å². The van der Waals surface area contributed by atoms with Gasteiger partial charge in [-0.2, -0.15) is 0 Å². The van der Waals surface area contributed by atoms with E-state index in [-0.39, 0.29) is 11.6 Å². The molecule has 4 nitrogen and oxygen atoms in total. The fraction of sp³-hybridized carbons (Fsp3) is 0.375. The first kappa shape index (κ1) is 16.0. The number of carbonyl (C=O) groups is 2. The molecule has 1 amide bonds. The van der Waals surface area contributed by atoms with Gasteiger partial charge < -0.3 is 10.1 Å². The number of benzene rings is 1. The second-order valence-corrected chi connectivity index (χ2v) is 4.47. The Morgan fingerprint density at radius 3 is 2.50 bits per heavy atom. The molecule has 0 radical (unpaired) electrons. The van der Waals surface area contributed by atoms with E-state index in [1.54, 1.807) is 6.08 Å². The second-order valence-electron chi connectivity index (χ2n) is 4.47. The smallest absolute Gasteiger partial charge is 0.354 e. The van der Waals surface area contributed by atoms with Crippen LogP contribution in [0, 0.1) is 0 Å². The molecule has 0 fully saturated rings. The van der Waals surface area contributed by atoms with E-state index in [2.05, 4.69) is 17.0 Å². The summed E-state index contributed by atoms with van der Waals surface area (Å²) >= 11 is 0. The standard InChI is InChI=1S/C16H21NO3/c1-3-4-6-11-15(18)17-14(16(19)20-2)12-13-9-7-5-8-10-13/h5,7-10,12H,3-4,6,11H2,1-2H3,(H,17,18). The van der Waals surface area contributed by atoms with Crippen LogP contribution in [0.5, 0.6) is 0 Å². The molecule has 0 atom stereocenters. The predicted molar refractivity (Wildman–Crippen MR) is 78.7 cm³/mol. The van der Waals surface area contributed by atoms with E-state index in [9.17, 15) is 9.59 Å². The molecule has 1 aromatic rings. The molecule has 1 aromatic carbocycles. The highest BCUT2D eigenvalue weighted by molar-refractivity contribution is 5.97. The summed E-state index contributed by atoms with van der Waals surface area (Å²) in [6.07, 6.45) is 4.91. The summed E-state index contributed by atoms with van der Waals surface area (Å²) in [5.74, 6) is -0.705. The first-order chi connectivity index (χ1) is 9.67. The van der Waals surface area contributed by atoms with Gasteiger partial charge in [-0.3, -0.25) is 4.79 Å². The minimum Gasteiger partial charge on any atom is -0.464 e. The number of hydrogen-bond acceptors (Lipinski definition) is 3. The van der Waals surface area contributed by atoms with E-state index in [4.69, 9.17) is 0 Å². The summed E-state index contributed by atoms with van der Waals surface area (Å²) in [6, 6.07) is 9.32. The Kier molecular flexibility index (Phi) is 7.11. The molecule has 0 spiro atoms. The van der Waals surface area contributed by atoms with E-state index in [1.807, 2.05) is 30.3 Å². The van der Waals surface area contributed by atoms with Crippen LogP contribution >= 0.6 is 0 Å². The molecule has 0 unspecified atom stereocenters. The summed E-state index contributed by atoms with van der Waals surface area (Å²) in [5, 5.41) is 2.62. The Labute approximate surface area is 119 Å². The van der Waals surface area contributed by atoms with Gasteiger partial charge in [-0.15, -0.1) is 0 Å². The van der Waals surface area contributed by atoms with E-state index >= 15 is 0 Å². The van der Waals surface area contributed by atoms with Crippen LogP contribution in [0.15, 0.2) is 36.0 Å². The lowest BCUT2D eigenvalue weighted by Gasteiger charge is -2.08. The fourth-order valence-corrected chi connectivity index (χ4v) is 1.72. The lowest BCUT2D eigenvalue weighted by Crippen LogP contribution is -2.27. The maximum Gasteiger partial charge on any atom is 0.354 e. The van der Waals surface area contributed by atoms with E-state index in [0.717, 1.165) is 24.8 Å². The lowest BCUT2D eigenvalue weighted by atomic mass is 10.1.